The minimum atomic E-state index is -1.32. The number of carbonyl (C=O) groups excluding carboxylic acids is 1. The smallest absolute Gasteiger partial charge is 0.296 e. The number of nitriles is 1. The quantitative estimate of drug-likeness (QED) is 0.299. The van der Waals surface area contributed by atoms with E-state index in [1.165, 1.54) is 23.1 Å². The number of hydrogen-bond donors (Lipinski definition) is 0. The molecule has 0 aliphatic carbocycles. The van der Waals surface area contributed by atoms with E-state index in [2.05, 4.69) is 32.8 Å². The first-order chi connectivity index (χ1) is 21.4. The number of likely N-dealkylation sites (N-methyl/N-ethyl adjacent to an activating group) is 1. The Balaban J connectivity index is 1.47. The van der Waals surface area contributed by atoms with Crippen LogP contribution in [0.25, 0.3) is 11.7 Å². The summed E-state index contributed by atoms with van der Waals surface area (Å²) >= 11 is 0. The zero-order valence-electron chi connectivity index (χ0n) is 25.4. The van der Waals surface area contributed by atoms with Gasteiger partial charge in [0, 0.05) is 30.6 Å². The summed E-state index contributed by atoms with van der Waals surface area (Å²) in [6.07, 6.45) is 0.00526. The fourth-order valence-electron chi connectivity index (χ4n) is 5.99. The van der Waals surface area contributed by atoms with Crippen molar-refractivity contribution in [2.45, 2.75) is 75.9 Å². The van der Waals surface area contributed by atoms with Gasteiger partial charge in [-0.15, -0.1) is 0 Å². The van der Waals surface area contributed by atoms with Crippen molar-refractivity contribution in [3.05, 3.63) is 59.9 Å². The van der Waals surface area contributed by atoms with Gasteiger partial charge in [0.1, 0.15) is 30.0 Å². The van der Waals surface area contributed by atoms with Gasteiger partial charge >= 0.3 is 0 Å². The Morgan fingerprint density at radius 1 is 1.22 bits per heavy atom. The highest BCUT2D eigenvalue weighted by molar-refractivity contribution is 5.87. The number of amides is 1. The SMILES string of the molecule is C=CC(=O)N1C[C@H](Oc2cc(O[C@@H](C)[C@@H]3C[C@@H](F)CN3C)nc(-c3nc(C(C)(C)c4c(F)cccc4F)no3)n2)C[C@H]1CC#N. The molecule has 4 heterocycles. The van der Waals surface area contributed by atoms with E-state index in [1.807, 2.05) is 11.9 Å². The zero-order valence-corrected chi connectivity index (χ0v) is 25.4. The van der Waals surface area contributed by atoms with E-state index in [9.17, 15) is 23.2 Å². The maximum atomic E-state index is 14.7. The number of ether oxygens (including phenoxy) is 2. The number of nitrogens with zero attached hydrogens (tertiary/aromatic N) is 7. The van der Waals surface area contributed by atoms with Gasteiger partial charge in [-0.05, 0) is 52.4 Å². The molecule has 0 unspecified atom stereocenters. The molecule has 0 saturated carbocycles. The second kappa shape index (κ2) is 12.8. The molecule has 3 aromatic rings. The second-order valence-corrected chi connectivity index (χ2v) is 11.9. The van der Waals surface area contributed by atoms with Crippen LogP contribution in [0.5, 0.6) is 11.8 Å². The van der Waals surface area contributed by atoms with E-state index in [0.717, 1.165) is 12.1 Å². The van der Waals surface area contributed by atoms with Crippen molar-refractivity contribution >= 4 is 5.91 Å². The van der Waals surface area contributed by atoms with Crippen LogP contribution in [-0.4, -0.2) is 86.4 Å². The van der Waals surface area contributed by atoms with E-state index >= 15 is 0 Å². The summed E-state index contributed by atoms with van der Waals surface area (Å²) in [6, 6.07) is 6.55. The van der Waals surface area contributed by atoms with E-state index in [1.54, 1.807) is 20.8 Å². The summed E-state index contributed by atoms with van der Waals surface area (Å²) in [4.78, 5) is 29.1. The molecule has 0 radical (unpaired) electrons. The van der Waals surface area contributed by atoms with Crippen LogP contribution in [0.15, 0.2) is 41.4 Å². The van der Waals surface area contributed by atoms with Gasteiger partial charge in [-0.2, -0.15) is 20.2 Å². The molecule has 2 aromatic heterocycles. The predicted octanol–water partition coefficient (Wildman–Crippen LogP) is 4.39. The predicted molar refractivity (Wildman–Crippen MR) is 155 cm³/mol. The number of aromatic nitrogens is 4. The third kappa shape index (κ3) is 6.63. The lowest BCUT2D eigenvalue weighted by atomic mass is 9.83. The highest BCUT2D eigenvalue weighted by atomic mass is 19.1. The van der Waals surface area contributed by atoms with Crippen LogP contribution in [0, 0.1) is 23.0 Å². The lowest BCUT2D eigenvalue weighted by Gasteiger charge is -2.26. The van der Waals surface area contributed by atoms with Gasteiger partial charge in [-0.1, -0.05) is 17.8 Å². The summed E-state index contributed by atoms with van der Waals surface area (Å²) in [6.45, 7) is 8.95. The summed E-state index contributed by atoms with van der Waals surface area (Å²) in [5, 5.41) is 13.2. The van der Waals surface area contributed by atoms with E-state index < -0.39 is 35.4 Å². The first kappa shape index (κ1) is 31.9. The van der Waals surface area contributed by atoms with Crippen molar-refractivity contribution in [1.82, 2.24) is 29.9 Å². The summed E-state index contributed by atoms with van der Waals surface area (Å²) in [5.74, 6) is -1.93. The van der Waals surface area contributed by atoms with Gasteiger partial charge in [0.2, 0.25) is 23.5 Å². The lowest BCUT2D eigenvalue weighted by Crippen LogP contribution is -2.38. The molecule has 238 valence electrons. The fourth-order valence-corrected chi connectivity index (χ4v) is 5.99. The molecule has 5 atom stereocenters. The van der Waals surface area contributed by atoms with Crippen molar-refractivity contribution in [1.29, 1.82) is 5.26 Å². The molecule has 2 fully saturated rings. The Kier molecular flexibility index (Phi) is 9.11. The summed E-state index contributed by atoms with van der Waals surface area (Å²) < 4.78 is 61.2. The Labute approximate surface area is 258 Å². The van der Waals surface area contributed by atoms with Crippen molar-refractivity contribution < 1.29 is 32.0 Å². The van der Waals surface area contributed by atoms with Crippen molar-refractivity contribution in [2.75, 3.05) is 20.1 Å². The van der Waals surface area contributed by atoms with Crippen LogP contribution in [0.4, 0.5) is 13.2 Å². The molecule has 0 N–H and O–H groups in total. The first-order valence-corrected chi connectivity index (χ1v) is 14.6. The number of hydrogen-bond acceptors (Lipinski definition) is 10. The van der Waals surface area contributed by atoms with E-state index in [0.29, 0.717) is 12.8 Å². The Morgan fingerprint density at radius 3 is 2.58 bits per heavy atom. The Bertz CT molecular complexity index is 1590. The van der Waals surface area contributed by atoms with Gasteiger partial charge in [-0.25, -0.2) is 13.2 Å². The molecule has 1 aromatic carbocycles. The fraction of sp³-hybridized carbons (Fsp3) is 0.484. The molecular weight excluding hydrogens is 591 g/mol. The number of rotatable bonds is 10. The standard InChI is InChI=1S/C31H34F3N7O4/c1-6-26(42)41-16-20(13-19(41)10-11-35)44-25-14-24(43-17(2)23-12-18(32)15-40(23)5)36-28(37-25)29-38-30(39-45-29)31(3,4)27-21(33)8-7-9-22(27)34/h6-9,14,17-20,23H,1,10,12-13,15-16H2,2-5H3/t17-,18+,19+,20+,23-/m0/s1. The maximum Gasteiger partial charge on any atom is 0.296 e. The second-order valence-electron chi connectivity index (χ2n) is 11.9. The van der Waals surface area contributed by atoms with Crippen LogP contribution in [0.2, 0.25) is 0 Å². The molecule has 0 spiro atoms. The Hall–Kier alpha value is -4.51. The highest BCUT2D eigenvalue weighted by Gasteiger charge is 2.38. The number of carbonyl (C=O) groups is 1. The molecule has 45 heavy (non-hydrogen) atoms. The number of halogens is 3. The van der Waals surface area contributed by atoms with Crippen LogP contribution < -0.4 is 9.47 Å². The van der Waals surface area contributed by atoms with Crippen LogP contribution in [0.1, 0.15) is 51.4 Å². The van der Waals surface area contributed by atoms with Crippen molar-refractivity contribution in [3.63, 3.8) is 0 Å². The third-order valence-electron chi connectivity index (χ3n) is 8.29. The van der Waals surface area contributed by atoms with Gasteiger partial charge in [-0.3, -0.25) is 9.69 Å². The van der Waals surface area contributed by atoms with Crippen LogP contribution in [0.3, 0.4) is 0 Å². The van der Waals surface area contributed by atoms with E-state index in [4.69, 9.17) is 14.0 Å². The molecule has 14 heteroatoms. The van der Waals surface area contributed by atoms with Crippen molar-refractivity contribution in [2.24, 2.45) is 0 Å². The first-order valence-electron chi connectivity index (χ1n) is 14.6. The van der Waals surface area contributed by atoms with E-state index in [-0.39, 0.29) is 72.4 Å². The van der Waals surface area contributed by atoms with Crippen LogP contribution in [-0.2, 0) is 10.2 Å². The average Bonchev–Trinajstić information content (AvgIpc) is 3.71. The average molecular weight is 626 g/mol. The number of likely N-dealkylation sites (tertiary alicyclic amines) is 2. The number of alkyl halides is 1. The van der Waals surface area contributed by atoms with Gasteiger partial charge in [0.15, 0.2) is 5.82 Å². The topological polar surface area (TPSA) is 130 Å². The maximum absolute atomic E-state index is 14.7. The molecule has 0 bridgehead atoms. The van der Waals surface area contributed by atoms with Gasteiger partial charge < -0.3 is 18.9 Å². The number of benzene rings is 1. The molecular formula is C31H34F3N7O4. The summed E-state index contributed by atoms with van der Waals surface area (Å²) in [7, 11) is 1.82. The minimum absolute atomic E-state index is 0.0115. The highest BCUT2D eigenvalue weighted by Crippen LogP contribution is 2.35. The monoisotopic (exact) mass is 625 g/mol. The third-order valence-corrected chi connectivity index (χ3v) is 8.29. The largest absolute Gasteiger partial charge is 0.473 e. The summed E-state index contributed by atoms with van der Waals surface area (Å²) in [5.41, 5.74) is -1.55. The van der Waals surface area contributed by atoms with Gasteiger partial charge in [0.05, 0.1) is 30.5 Å². The molecule has 11 nitrogen and oxygen atoms in total. The van der Waals surface area contributed by atoms with Crippen LogP contribution >= 0.6 is 0 Å². The minimum Gasteiger partial charge on any atom is -0.473 e. The molecule has 2 aliphatic rings. The molecule has 1 amide bonds. The zero-order chi connectivity index (χ0) is 32.5. The molecule has 2 saturated heterocycles. The molecule has 2 aliphatic heterocycles. The lowest BCUT2D eigenvalue weighted by molar-refractivity contribution is -0.126. The normalized spacial score (nSPS) is 22.7. The van der Waals surface area contributed by atoms with Crippen molar-refractivity contribution in [3.8, 4) is 29.5 Å². The Morgan fingerprint density at radius 2 is 1.93 bits per heavy atom. The molecule has 5 rings (SSSR count). The van der Waals surface area contributed by atoms with Gasteiger partial charge in [0.25, 0.3) is 5.89 Å².